The highest BCUT2D eigenvalue weighted by Crippen LogP contribution is 2.35. The molecule has 0 aromatic carbocycles. The minimum atomic E-state index is -0.0694. The van der Waals surface area contributed by atoms with Gasteiger partial charge in [0.1, 0.15) is 5.78 Å². The molecule has 92 valence electrons. The molecule has 1 heterocycles. The molecule has 1 aliphatic heterocycles. The van der Waals surface area contributed by atoms with E-state index < -0.39 is 0 Å². The lowest BCUT2D eigenvalue weighted by molar-refractivity contribution is -0.129. The predicted molar refractivity (Wildman–Crippen MR) is 63.0 cm³/mol. The summed E-state index contributed by atoms with van der Waals surface area (Å²) in [6.45, 7) is 5.59. The zero-order valence-electron chi connectivity index (χ0n) is 10.3. The minimum Gasteiger partial charge on any atom is -0.379 e. The summed E-state index contributed by atoms with van der Waals surface area (Å²) in [6, 6.07) is -0.0694. The topological polar surface area (TPSA) is 52.3 Å². The molecule has 16 heavy (non-hydrogen) atoms. The number of carbonyl (C=O) groups is 1. The van der Waals surface area contributed by atoms with Crippen molar-refractivity contribution in [3.63, 3.8) is 0 Å². The van der Waals surface area contributed by atoms with Gasteiger partial charge in [0.05, 0.1) is 19.1 Å². The SMILES string of the molecule is CC1CC(C)CC(C(=O)C2COCC2N)C1. The smallest absolute Gasteiger partial charge is 0.143 e. The van der Waals surface area contributed by atoms with Crippen molar-refractivity contribution < 1.29 is 9.53 Å². The molecule has 2 N–H and O–H groups in total. The highest BCUT2D eigenvalue weighted by atomic mass is 16.5. The third kappa shape index (κ3) is 2.46. The number of carbonyl (C=O) groups excluding carboxylic acids is 1. The van der Waals surface area contributed by atoms with E-state index in [4.69, 9.17) is 10.5 Å². The quantitative estimate of drug-likeness (QED) is 0.776. The van der Waals surface area contributed by atoms with Gasteiger partial charge in [-0.15, -0.1) is 0 Å². The third-order valence-electron chi connectivity index (χ3n) is 4.07. The lowest BCUT2D eigenvalue weighted by Gasteiger charge is -2.32. The molecule has 1 aliphatic carbocycles. The van der Waals surface area contributed by atoms with Crippen molar-refractivity contribution in [2.24, 2.45) is 29.4 Å². The summed E-state index contributed by atoms with van der Waals surface area (Å²) in [5.41, 5.74) is 5.91. The van der Waals surface area contributed by atoms with Crippen molar-refractivity contribution in [3.8, 4) is 0 Å². The van der Waals surface area contributed by atoms with Crippen LogP contribution in [0, 0.1) is 23.7 Å². The fraction of sp³-hybridized carbons (Fsp3) is 0.923. The zero-order chi connectivity index (χ0) is 11.7. The first-order valence-corrected chi connectivity index (χ1v) is 6.45. The van der Waals surface area contributed by atoms with Crippen molar-refractivity contribution in [1.82, 2.24) is 0 Å². The molecular weight excluding hydrogens is 202 g/mol. The van der Waals surface area contributed by atoms with Crippen LogP contribution in [0.2, 0.25) is 0 Å². The van der Waals surface area contributed by atoms with Gasteiger partial charge in [-0.05, 0) is 31.1 Å². The second kappa shape index (κ2) is 4.84. The normalized spacial score (nSPS) is 44.6. The first kappa shape index (κ1) is 12.1. The molecule has 3 nitrogen and oxygen atoms in total. The van der Waals surface area contributed by atoms with E-state index >= 15 is 0 Å². The fourth-order valence-corrected chi connectivity index (χ4v) is 3.35. The first-order valence-electron chi connectivity index (χ1n) is 6.45. The number of hydrogen-bond acceptors (Lipinski definition) is 3. The molecule has 0 bridgehead atoms. The average molecular weight is 225 g/mol. The summed E-state index contributed by atoms with van der Waals surface area (Å²) in [6.07, 6.45) is 3.36. The summed E-state index contributed by atoms with van der Waals surface area (Å²) < 4.78 is 5.29. The maximum absolute atomic E-state index is 12.3. The van der Waals surface area contributed by atoms with E-state index in [1.807, 2.05) is 0 Å². The van der Waals surface area contributed by atoms with Gasteiger partial charge in [0.25, 0.3) is 0 Å². The van der Waals surface area contributed by atoms with E-state index in [2.05, 4.69) is 13.8 Å². The van der Waals surface area contributed by atoms with Crippen molar-refractivity contribution in [2.75, 3.05) is 13.2 Å². The molecule has 2 aliphatic rings. The lowest BCUT2D eigenvalue weighted by Crippen LogP contribution is -2.39. The van der Waals surface area contributed by atoms with Crippen LogP contribution in [0.1, 0.15) is 33.1 Å². The first-order chi connectivity index (χ1) is 7.58. The maximum atomic E-state index is 12.3. The summed E-state index contributed by atoms with van der Waals surface area (Å²) in [7, 11) is 0. The van der Waals surface area contributed by atoms with Crippen LogP contribution in [0.25, 0.3) is 0 Å². The molecular formula is C13H23NO2. The highest BCUT2D eigenvalue weighted by Gasteiger charge is 2.37. The molecule has 0 radical (unpaired) electrons. The van der Waals surface area contributed by atoms with Crippen LogP contribution >= 0.6 is 0 Å². The molecule has 1 saturated heterocycles. The van der Waals surface area contributed by atoms with Gasteiger partial charge in [-0.3, -0.25) is 4.79 Å². The molecule has 3 heteroatoms. The Morgan fingerprint density at radius 1 is 1.12 bits per heavy atom. The summed E-state index contributed by atoms with van der Waals surface area (Å²) in [4.78, 5) is 12.3. The number of ketones is 1. The Kier molecular flexibility index (Phi) is 3.65. The van der Waals surface area contributed by atoms with E-state index in [1.54, 1.807) is 0 Å². The van der Waals surface area contributed by atoms with Crippen LogP contribution in [0.4, 0.5) is 0 Å². The standard InChI is InChI=1S/C13H23NO2/c1-8-3-9(2)5-10(4-8)13(15)11-6-16-7-12(11)14/h8-12H,3-7,14H2,1-2H3. The van der Waals surface area contributed by atoms with Crippen LogP contribution in [-0.4, -0.2) is 25.0 Å². The van der Waals surface area contributed by atoms with Crippen LogP contribution in [0.15, 0.2) is 0 Å². The monoisotopic (exact) mass is 225 g/mol. The van der Waals surface area contributed by atoms with Gasteiger partial charge in [-0.1, -0.05) is 13.8 Å². The lowest BCUT2D eigenvalue weighted by atomic mass is 9.72. The molecule has 0 spiro atoms. The predicted octanol–water partition coefficient (Wildman–Crippen LogP) is 1.60. The number of nitrogens with two attached hydrogens (primary N) is 1. The van der Waals surface area contributed by atoms with Crippen molar-refractivity contribution >= 4 is 5.78 Å². The Labute approximate surface area is 97.7 Å². The molecule has 1 saturated carbocycles. The van der Waals surface area contributed by atoms with Crippen LogP contribution in [0.5, 0.6) is 0 Å². The van der Waals surface area contributed by atoms with Crippen molar-refractivity contribution in [1.29, 1.82) is 0 Å². The largest absolute Gasteiger partial charge is 0.379 e. The highest BCUT2D eigenvalue weighted by molar-refractivity contribution is 5.84. The third-order valence-corrected chi connectivity index (χ3v) is 4.07. The molecule has 2 fully saturated rings. The number of hydrogen-bond donors (Lipinski definition) is 1. The molecule has 0 aromatic heterocycles. The number of rotatable bonds is 2. The Morgan fingerprint density at radius 3 is 2.25 bits per heavy atom. The van der Waals surface area contributed by atoms with Gasteiger partial charge in [0.2, 0.25) is 0 Å². The van der Waals surface area contributed by atoms with Gasteiger partial charge >= 0.3 is 0 Å². The van der Waals surface area contributed by atoms with E-state index in [9.17, 15) is 4.79 Å². The number of Topliss-reactive ketones (excluding diaryl/α,β-unsaturated/α-hetero) is 1. The van der Waals surface area contributed by atoms with Crippen LogP contribution in [0.3, 0.4) is 0 Å². The van der Waals surface area contributed by atoms with Gasteiger partial charge in [0.15, 0.2) is 0 Å². The Hall–Kier alpha value is -0.410. The fourth-order valence-electron chi connectivity index (χ4n) is 3.35. The summed E-state index contributed by atoms with van der Waals surface area (Å²) in [5, 5.41) is 0. The van der Waals surface area contributed by atoms with Crippen LogP contribution in [-0.2, 0) is 9.53 Å². The average Bonchev–Trinajstić information content (AvgIpc) is 2.62. The maximum Gasteiger partial charge on any atom is 0.143 e. The van der Waals surface area contributed by atoms with E-state index in [-0.39, 0.29) is 17.9 Å². The Balaban J connectivity index is 1.98. The van der Waals surface area contributed by atoms with Crippen LogP contribution < -0.4 is 5.73 Å². The summed E-state index contributed by atoms with van der Waals surface area (Å²) >= 11 is 0. The minimum absolute atomic E-state index is 0.0394. The molecule has 4 unspecified atom stereocenters. The summed E-state index contributed by atoms with van der Waals surface area (Å²) in [5.74, 6) is 1.91. The zero-order valence-corrected chi connectivity index (χ0v) is 10.3. The van der Waals surface area contributed by atoms with Gasteiger partial charge in [0, 0.05) is 12.0 Å². The van der Waals surface area contributed by atoms with Gasteiger partial charge in [-0.25, -0.2) is 0 Å². The Bertz CT molecular complexity index is 257. The van der Waals surface area contributed by atoms with E-state index in [1.165, 1.54) is 6.42 Å². The number of ether oxygens (including phenoxy) is 1. The molecule has 4 atom stereocenters. The molecule has 2 rings (SSSR count). The van der Waals surface area contributed by atoms with Crippen molar-refractivity contribution in [2.45, 2.75) is 39.2 Å². The van der Waals surface area contributed by atoms with E-state index in [0.717, 1.165) is 12.8 Å². The Morgan fingerprint density at radius 2 is 1.75 bits per heavy atom. The van der Waals surface area contributed by atoms with Crippen molar-refractivity contribution in [3.05, 3.63) is 0 Å². The molecule has 0 amide bonds. The van der Waals surface area contributed by atoms with Gasteiger partial charge in [-0.2, -0.15) is 0 Å². The second-order valence-electron chi connectivity index (χ2n) is 5.82. The van der Waals surface area contributed by atoms with E-state index in [0.29, 0.717) is 30.8 Å². The molecule has 0 aromatic rings. The van der Waals surface area contributed by atoms with Gasteiger partial charge < -0.3 is 10.5 Å². The second-order valence-corrected chi connectivity index (χ2v) is 5.82.